The summed E-state index contributed by atoms with van der Waals surface area (Å²) < 4.78 is 0. The number of hydrogen-bond donors (Lipinski definition) is 1. The molecule has 0 aromatic carbocycles. The van der Waals surface area contributed by atoms with Gasteiger partial charge in [-0.3, -0.25) is 4.90 Å². The Kier molecular flexibility index (Phi) is 7.49. The molecule has 0 aromatic heterocycles. The van der Waals surface area contributed by atoms with Gasteiger partial charge in [0.25, 0.3) is 0 Å². The highest BCUT2D eigenvalue weighted by atomic mass is 15.2. The van der Waals surface area contributed by atoms with Crippen LogP contribution in [0.15, 0.2) is 0 Å². The summed E-state index contributed by atoms with van der Waals surface area (Å²) in [6.07, 6.45) is 5.61. The van der Waals surface area contributed by atoms with Gasteiger partial charge in [-0.2, -0.15) is 0 Å². The molecular formula is C17H37N3. The second-order valence-electron chi connectivity index (χ2n) is 7.41. The van der Waals surface area contributed by atoms with E-state index >= 15 is 0 Å². The molecule has 120 valence electrons. The second-order valence-corrected chi connectivity index (χ2v) is 7.41. The Morgan fingerprint density at radius 1 is 1.35 bits per heavy atom. The number of nitrogens with zero attached hydrogens (tertiary/aromatic N) is 2. The van der Waals surface area contributed by atoms with Crippen LogP contribution in [0.4, 0.5) is 0 Å². The molecule has 0 saturated heterocycles. The Labute approximate surface area is 127 Å². The Morgan fingerprint density at radius 3 is 2.55 bits per heavy atom. The van der Waals surface area contributed by atoms with E-state index in [0.717, 1.165) is 19.0 Å². The maximum Gasteiger partial charge on any atom is 0.0194 e. The minimum Gasteiger partial charge on any atom is -0.319 e. The monoisotopic (exact) mass is 283 g/mol. The Balaban J connectivity index is 2.71. The van der Waals surface area contributed by atoms with Gasteiger partial charge in [0.2, 0.25) is 0 Å². The van der Waals surface area contributed by atoms with E-state index in [1.54, 1.807) is 0 Å². The molecule has 1 fully saturated rings. The fourth-order valence-corrected chi connectivity index (χ4v) is 4.16. The van der Waals surface area contributed by atoms with Crippen LogP contribution in [0, 0.1) is 11.3 Å². The molecule has 3 nitrogen and oxygen atoms in total. The van der Waals surface area contributed by atoms with Gasteiger partial charge in [0, 0.05) is 25.7 Å². The van der Waals surface area contributed by atoms with Crippen molar-refractivity contribution in [3.63, 3.8) is 0 Å². The first kappa shape index (κ1) is 17.9. The van der Waals surface area contributed by atoms with Crippen LogP contribution in [-0.4, -0.2) is 63.2 Å². The van der Waals surface area contributed by atoms with Crippen molar-refractivity contribution in [2.24, 2.45) is 11.3 Å². The molecule has 3 unspecified atom stereocenters. The van der Waals surface area contributed by atoms with Crippen LogP contribution in [-0.2, 0) is 0 Å². The first-order valence-electron chi connectivity index (χ1n) is 8.46. The lowest BCUT2D eigenvalue weighted by molar-refractivity contribution is 0.0591. The van der Waals surface area contributed by atoms with Crippen molar-refractivity contribution in [1.29, 1.82) is 0 Å². The lowest BCUT2D eigenvalue weighted by Gasteiger charge is -2.45. The van der Waals surface area contributed by atoms with Crippen molar-refractivity contribution >= 4 is 0 Å². The number of likely N-dealkylation sites (N-methyl/N-ethyl adjacent to an activating group) is 2. The molecule has 0 bridgehead atoms. The number of nitrogens with one attached hydrogen (secondary N) is 1. The molecule has 1 N–H and O–H groups in total. The standard InChI is InChI=1S/C17H37N3/c1-7-20(16(3)12-19(5)6)14-17(13-18-4)10-8-9-15(2)11-17/h15-16,18H,7-14H2,1-6H3. The summed E-state index contributed by atoms with van der Waals surface area (Å²) in [5.41, 5.74) is 0.489. The molecule has 0 spiro atoms. The van der Waals surface area contributed by atoms with Gasteiger partial charge in [0.15, 0.2) is 0 Å². The predicted octanol–water partition coefficient (Wildman–Crippen LogP) is 2.67. The van der Waals surface area contributed by atoms with Gasteiger partial charge in [0.05, 0.1) is 0 Å². The van der Waals surface area contributed by atoms with Crippen LogP contribution in [0.1, 0.15) is 46.5 Å². The molecule has 0 heterocycles. The van der Waals surface area contributed by atoms with Gasteiger partial charge in [0.1, 0.15) is 0 Å². The van der Waals surface area contributed by atoms with Crippen molar-refractivity contribution in [2.75, 3.05) is 47.3 Å². The van der Waals surface area contributed by atoms with E-state index in [1.807, 2.05) is 0 Å². The number of rotatable bonds is 8. The van der Waals surface area contributed by atoms with Gasteiger partial charge < -0.3 is 10.2 Å². The minimum absolute atomic E-state index is 0.489. The van der Waals surface area contributed by atoms with Crippen LogP contribution in [0.2, 0.25) is 0 Å². The highest BCUT2D eigenvalue weighted by molar-refractivity contribution is 4.90. The Morgan fingerprint density at radius 2 is 2.05 bits per heavy atom. The third-order valence-corrected chi connectivity index (χ3v) is 4.93. The molecule has 0 radical (unpaired) electrons. The van der Waals surface area contributed by atoms with Gasteiger partial charge in [-0.25, -0.2) is 0 Å². The molecule has 0 aliphatic heterocycles. The number of hydrogen-bond acceptors (Lipinski definition) is 3. The summed E-state index contributed by atoms with van der Waals surface area (Å²) in [4.78, 5) is 5.00. The van der Waals surface area contributed by atoms with E-state index in [-0.39, 0.29) is 0 Å². The topological polar surface area (TPSA) is 18.5 Å². The normalized spacial score (nSPS) is 29.1. The van der Waals surface area contributed by atoms with Crippen LogP contribution >= 0.6 is 0 Å². The molecule has 0 aromatic rings. The van der Waals surface area contributed by atoms with Gasteiger partial charge in [-0.1, -0.05) is 26.7 Å². The first-order valence-corrected chi connectivity index (χ1v) is 8.46. The zero-order valence-corrected chi connectivity index (χ0v) is 14.7. The van der Waals surface area contributed by atoms with Crippen LogP contribution in [0.3, 0.4) is 0 Å². The minimum atomic E-state index is 0.489. The molecule has 1 aliphatic rings. The largest absolute Gasteiger partial charge is 0.319 e. The van der Waals surface area contributed by atoms with E-state index in [2.05, 4.69) is 57.0 Å². The average molecular weight is 284 g/mol. The first-order chi connectivity index (χ1) is 9.42. The van der Waals surface area contributed by atoms with Crippen molar-refractivity contribution in [1.82, 2.24) is 15.1 Å². The summed E-state index contributed by atoms with van der Waals surface area (Å²) in [7, 11) is 6.47. The van der Waals surface area contributed by atoms with Crippen molar-refractivity contribution < 1.29 is 0 Å². The zero-order valence-electron chi connectivity index (χ0n) is 14.7. The predicted molar refractivity (Wildman–Crippen MR) is 89.3 cm³/mol. The van der Waals surface area contributed by atoms with Gasteiger partial charge in [-0.05, 0) is 58.8 Å². The molecule has 0 amide bonds. The SMILES string of the molecule is CCN(CC1(CNC)CCCC(C)C1)C(C)CN(C)C. The van der Waals surface area contributed by atoms with Gasteiger partial charge >= 0.3 is 0 Å². The van der Waals surface area contributed by atoms with E-state index in [0.29, 0.717) is 11.5 Å². The van der Waals surface area contributed by atoms with Crippen molar-refractivity contribution in [3.8, 4) is 0 Å². The summed E-state index contributed by atoms with van der Waals surface area (Å²) in [5, 5.41) is 3.47. The molecule has 3 heteroatoms. The molecule has 1 saturated carbocycles. The summed E-state index contributed by atoms with van der Waals surface area (Å²) in [6, 6.07) is 0.640. The Bertz CT molecular complexity index is 263. The van der Waals surface area contributed by atoms with E-state index in [4.69, 9.17) is 0 Å². The van der Waals surface area contributed by atoms with Crippen molar-refractivity contribution in [3.05, 3.63) is 0 Å². The lowest BCUT2D eigenvalue weighted by Crippen LogP contribution is -2.50. The molecule has 1 aliphatic carbocycles. The fourth-order valence-electron chi connectivity index (χ4n) is 4.16. The molecule has 3 atom stereocenters. The molecular weight excluding hydrogens is 246 g/mol. The lowest BCUT2D eigenvalue weighted by atomic mass is 9.69. The maximum atomic E-state index is 3.47. The Hall–Kier alpha value is -0.120. The molecule has 20 heavy (non-hydrogen) atoms. The van der Waals surface area contributed by atoms with Crippen molar-refractivity contribution in [2.45, 2.75) is 52.5 Å². The highest BCUT2D eigenvalue weighted by Crippen LogP contribution is 2.39. The maximum absolute atomic E-state index is 3.47. The second kappa shape index (κ2) is 8.35. The average Bonchev–Trinajstić information content (AvgIpc) is 2.35. The van der Waals surface area contributed by atoms with Crippen LogP contribution in [0.5, 0.6) is 0 Å². The fraction of sp³-hybridized carbons (Fsp3) is 1.00. The summed E-state index contributed by atoms with van der Waals surface area (Å²) in [6.45, 7) is 11.9. The van der Waals surface area contributed by atoms with Gasteiger partial charge in [-0.15, -0.1) is 0 Å². The highest BCUT2D eigenvalue weighted by Gasteiger charge is 2.36. The van der Waals surface area contributed by atoms with E-state index in [1.165, 1.54) is 38.8 Å². The van der Waals surface area contributed by atoms with E-state index in [9.17, 15) is 0 Å². The summed E-state index contributed by atoms with van der Waals surface area (Å²) in [5.74, 6) is 0.889. The quantitative estimate of drug-likeness (QED) is 0.739. The molecule has 1 rings (SSSR count). The smallest absolute Gasteiger partial charge is 0.0194 e. The third-order valence-electron chi connectivity index (χ3n) is 4.93. The van der Waals surface area contributed by atoms with E-state index < -0.39 is 0 Å². The summed E-state index contributed by atoms with van der Waals surface area (Å²) >= 11 is 0. The van der Waals surface area contributed by atoms with Crippen LogP contribution in [0.25, 0.3) is 0 Å². The third kappa shape index (κ3) is 5.34. The van der Waals surface area contributed by atoms with Crippen LogP contribution < -0.4 is 5.32 Å². The zero-order chi connectivity index (χ0) is 15.2.